The Morgan fingerprint density at radius 1 is 1.30 bits per heavy atom. The van der Waals surface area contributed by atoms with Crippen LogP contribution in [0.3, 0.4) is 0 Å². The summed E-state index contributed by atoms with van der Waals surface area (Å²) < 4.78 is 5.81. The highest BCUT2D eigenvalue weighted by Crippen LogP contribution is 2.28. The molecule has 1 aliphatic rings. The van der Waals surface area contributed by atoms with E-state index in [0.29, 0.717) is 25.3 Å². The number of morpholine rings is 1. The zero-order valence-electron chi connectivity index (χ0n) is 12.3. The van der Waals surface area contributed by atoms with Gasteiger partial charge in [-0.3, -0.25) is 9.89 Å². The zero-order valence-corrected chi connectivity index (χ0v) is 13.9. The monoisotopic (exact) mass is 345 g/mol. The summed E-state index contributed by atoms with van der Waals surface area (Å²) in [5, 5.41) is 15.1. The molecular weight excluding hydrogens is 330 g/mol. The Kier molecular flexibility index (Phi) is 3.99. The fraction of sp³-hybridized carbons (Fsp3) is 0.250. The molecule has 1 N–H and O–H groups in total. The van der Waals surface area contributed by atoms with Crippen LogP contribution in [0.4, 0.5) is 0 Å². The van der Waals surface area contributed by atoms with E-state index in [1.165, 1.54) is 0 Å². The van der Waals surface area contributed by atoms with E-state index >= 15 is 0 Å². The molecule has 1 amide bonds. The van der Waals surface area contributed by atoms with E-state index in [9.17, 15) is 4.79 Å². The first-order valence-electron chi connectivity index (χ1n) is 7.32. The van der Waals surface area contributed by atoms with Crippen molar-refractivity contribution in [2.45, 2.75) is 6.10 Å². The molecule has 4 rings (SSSR count). The van der Waals surface area contributed by atoms with Gasteiger partial charge in [-0.25, -0.2) is 0 Å². The van der Waals surface area contributed by atoms with E-state index in [4.69, 9.17) is 4.74 Å². The van der Waals surface area contributed by atoms with Crippen molar-refractivity contribution in [3.63, 3.8) is 0 Å². The summed E-state index contributed by atoms with van der Waals surface area (Å²) in [5.41, 5.74) is 3.54. The van der Waals surface area contributed by atoms with Crippen LogP contribution in [0.5, 0.6) is 0 Å². The van der Waals surface area contributed by atoms with Crippen LogP contribution in [0.15, 0.2) is 39.8 Å². The Balaban J connectivity index is 1.56. The topological polar surface area (TPSA) is 58.2 Å². The van der Waals surface area contributed by atoms with Gasteiger partial charge in [-0.2, -0.15) is 27.8 Å². The first kappa shape index (κ1) is 14.6. The van der Waals surface area contributed by atoms with E-state index < -0.39 is 0 Å². The van der Waals surface area contributed by atoms with E-state index in [0.717, 1.165) is 16.8 Å². The maximum atomic E-state index is 12.9. The van der Waals surface area contributed by atoms with Gasteiger partial charge in [-0.15, -0.1) is 0 Å². The fourth-order valence-electron chi connectivity index (χ4n) is 2.74. The summed E-state index contributed by atoms with van der Waals surface area (Å²) in [6, 6.07) is 4.04. The van der Waals surface area contributed by atoms with Gasteiger partial charge < -0.3 is 9.64 Å². The highest BCUT2D eigenvalue weighted by molar-refractivity contribution is 7.08. The van der Waals surface area contributed by atoms with Crippen LogP contribution in [-0.2, 0) is 4.74 Å². The van der Waals surface area contributed by atoms with Crippen LogP contribution >= 0.6 is 22.7 Å². The second kappa shape index (κ2) is 6.27. The predicted molar refractivity (Wildman–Crippen MR) is 90.8 cm³/mol. The van der Waals surface area contributed by atoms with E-state index in [1.807, 2.05) is 27.1 Å². The molecular formula is C16H15N3O2S2. The van der Waals surface area contributed by atoms with Crippen LogP contribution < -0.4 is 0 Å². The fourth-order valence-corrected chi connectivity index (χ4v) is 4.09. The quantitative estimate of drug-likeness (QED) is 0.791. The number of ether oxygens (including phenoxy) is 1. The van der Waals surface area contributed by atoms with Gasteiger partial charge in [0.25, 0.3) is 5.91 Å². The van der Waals surface area contributed by atoms with Crippen molar-refractivity contribution in [2.24, 2.45) is 0 Å². The van der Waals surface area contributed by atoms with Crippen molar-refractivity contribution in [1.29, 1.82) is 0 Å². The normalized spacial score (nSPS) is 18.3. The highest BCUT2D eigenvalue weighted by atomic mass is 32.1. The Bertz CT molecular complexity index is 780. The van der Waals surface area contributed by atoms with Gasteiger partial charge in [-0.05, 0) is 33.8 Å². The molecule has 3 aromatic rings. The van der Waals surface area contributed by atoms with Gasteiger partial charge in [0, 0.05) is 17.5 Å². The van der Waals surface area contributed by atoms with Crippen LogP contribution in [0.25, 0.3) is 11.3 Å². The summed E-state index contributed by atoms with van der Waals surface area (Å²) in [6.07, 6.45) is 1.57. The van der Waals surface area contributed by atoms with E-state index in [2.05, 4.69) is 21.6 Å². The van der Waals surface area contributed by atoms with Gasteiger partial charge in [0.1, 0.15) is 6.10 Å². The van der Waals surface area contributed by atoms with Crippen molar-refractivity contribution in [1.82, 2.24) is 15.1 Å². The van der Waals surface area contributed by atoms with Crippen molar-refractivity contribution < 1.29 is 9.53 Å². The Morgan fingerprint density at radius 3 is 2.96 bits per heavy atom. The van der Waals surface area contributed by atoms with Gasteiger partial charge >= 0.3 is 0 Å². The molecule has 1 fully saturated rings. The zero-order chi connectivity index (χ0) is 15.6. The molecule has 1 atom stereocenters. The molecule has 23 heavy (non-hydrogen) atoms. The lowest BCUT2D eigenvalue weighted by molar-refractivity contribution is -0.0226. The third kappa shape index (κ3) is 2.83. The molecule has 1 saturated heterocycles. The first-order chi connectivity index (χ1) is 11.3. The molecule has 7 heteroatoms. The molecule has 0 saturated carbocycles. The van der Waals surface area contributed by atoms with Crippen LogP contribution in [-0.4, -0.2) is 40.7 Å². The maximum absolute atomic E-state index is 12.9. The van der Waals surface area contributed by atoms with Crippen LogP contribution in [0, 0.1) is 0 Å². The minimum Gasteiger partial charge on any atom is -0.370 e. The Labute approximate surface area is 141 Å². The number of rotatable bonds is 3. The number of thiophene rings is 2. The SMILES string of the molecule is O=C(c1cn[nH]c1-c1ccsc1)N1CCOC(c2ccsc2)C1. The number of nitrogens with zero attached hydrogens (tertiary/aromatic N) is 2. The number of carbonyl (C=O) groups excluding carboxylic acids is 1. The number of carbonyl (C=O) groups is 1. The Hall–Kier alpha value is -1.96. The van der Waals surface area contributed by atoms with Crippen molar-refractivity contribution >= 4 is 28.6 Å². The minimum atomic E-state index is -0.0459. The van der Waals surface area contributed by atoms with Crippen molar-refractivity contribution in [2.75, 3.05) is 19.7 Å². The number of H-pyrrole nitrogens is 1. The molecule has 1 unspecified atom stereocenters. The minimum absolute atomic E-state index is 0.00322. The maximum Gasteiger partial charge on any atom is 0.257 e. The second-order valence-electron chi connectivity index (χ2n) is 5.34. The van der Waals surface area contributed by atoms with Gasteiger partial charge in [-0.1, -0.05) is 0 Å². The molecule has 3 aromatic heterocycles. The summed E-state index contributed by atoms with van der Waals surface area (Å²) in [4.78, 5) is 14.8. The summed E-state index contributed by atoms with van der Waals surface area (Å²) >= 11 is 3.25. The Morgan fingerprint density at radius 2 is 2.17 bits per heavy atom. The molecule has 0 radical (unpaired) electrons. The molecule has 0 spiro atoms. The van der Waals surface area contributed by atoms with Gasteiger partial charge in [0.2, 0.25) is 0 Å². The van der Waals surface area contributed by atoms with E-state index in [-0.39, 0.29) is 12.0 Å². The molecule has 4 heterocycles. The summed E-state index contributed by atoms with van der Waals surface area (Å²) in [7, 11) is 0. The van der Waals surface area contributed by atoms with Gasteiger partial charge in [0.15, 0.2) is 0 Å². The van der Waals surface area contributed by atoms with Crippen molar-refractivity contribution in [3.05, 3.63) is 51.0 Å². The lowest BCUT2D eigenvalue weighted by Crippen LogP contribution is -2.42. The van der Waals surface area contributed by atoms with E-state index in [1.54, 1.807) is 28.9 Å². The molecule has 0 bridgehead atoms. The second-order valence-corrected chi connectivity index (χ2v) is 6.90. The predicted octanol–water partition coefficient (Wildman–Crippen LogP) is 3.41. The smallest absolute Gasteiger partial charge is 0.257 e. The lowest BCUT2D eigenvalue weighted by Gasteiger charge is -2.32. The average Bonchev–Trinajstić information content (AvgIpc) is 3.35. The number of amides is 1. The number of nitrogens with one attached hydrogen (secondary N) is 1. The number of hydrogen-bond acceptors (Lipinski definition) is 5. The number of aromatic amines is 1. The van der Waals surface area contributed by atoms with Crippen LogP contribution in [0.2, 0.25) is 0 Å². The van der Waals surface area contributed by atoms with Crippen LogP contribution in [0.1, 0.15) is 22.0 Å². The summed E-state index contributed by atoms with van der Waals surface area (Å²) in [5.74, 6) is 0.00322. The molecule has 1 aliphatic heterocycles. The molecule has 118 valence electrons. The lowest BCUT2D eigenvalue weighted by atomic mass is 10.1. The van der Waals surface area contributed by atoms with Gasteiger partial charge in [0.05, 0.1) is 30.6 Å². The van der Waals surface area contributed by atoms with Crippen molar-refractivity contribution in [3.8, 4) is 11.3 Å². The molecule has 5 nitrogen and oxygen atoms in total. The standard InChI is InChI=1S/C16H15N3O2S2/c20-16(13-7-17-18-15(13)12-2-6-23-10-12)19-3-4-21-14(8-19)11-1-5-22-9-11/h1-2,5-7,9-10,14H,3-4,8H2,(H,17,18). The number of hydrogen-bond donors (Lipinski definition) is 1. The average molecular weight is 345 g/mol. The molecule has 0 aliphatic carbocycles. The number of aromatic nitrogens is 2. The highest BCUT2D eigenvalue weighted by Gasteiger charge is 2.28. The third-order valence-electron chi connectivity index (χ3n) is 3.95. The third-order valence-corrected chi connectivity index (χ3v) is 5.33. The first-order valence-corrected chi connectivity index (χ1v) is 9.20. The largest absolute Gasteiger partial charge is 0.370 e. The summed E-state index contributed by atoms with van der Waals surface area (Å²) in [6.45, 7) is 1.73. The molecule has 0 aromatic carbocycles.